The molecule has 0 amide bonds. The molecule has 0 radical (unpaired) electrons. The Kier molecular flexibility index (Phi) is 5.54. The van der Waals surface area contributed by atoms with Gasteiger partial charge >= 0.3 is 0 Å². The molecule has 0 aliphatic heterocycles. The van der Waals surface area contributed by atoms with Gasteiger partial charge in [-0.2, -0.15) is 5.26 Å². The van der Waals surface area contributed by atoms with Gasteiger partial charge in [-0.3, -0.25) is 10.1 Å². The molecule has 0 atom stereocenters. The van der Waals surface area contributed by atoms with E-state index in [9.17, 15) is 15.4 Å². The molecule has 5 rings (SSSR count). The first kappa shape index (κ1) is 21.4. The van der Waals surface area contributed by atoms with Crippen molar-refractivity contribution in [2.75, 3.05) is 5.32 Å². The number of thiazole rings is 1. The summed E-state index contributed by atoms with van der Waals surface area (Å²) in [6.45, 7) is 3.02. The third-order valence-electron chi connectivity index (χ3n) is 5.68. The first-order chi connectivity index (χ1) is 16.6. The molecule has 0 saturated carbocycles. The third kappa shape index (κ3) is 3.78. The van der Waals surface area contributed by atoms with Crippen molar-refractivity contribution in [1.29, 1.82) is 5.26 Å². The van der Waals surface area contributed by atoms with Gasteiger partial charge in [0, 0.05) is 63.3 Å². The van der Waals surface area contributed by atoms with Gasteiger partial charge in [0.2, 0.25) is 0 Å². The summed E-state index contributed by atoms with van der Waals surface area (Å²) in [5.41, 5.74) is 4.86. The van der Waals surface area contributed by atoms with E-state index in [1.165, 1.54) is 39.9 Å². The van der Waals surface area contributed by atoms with Crippen molar-refractivity contribution < 1.29 is 4.92 Å². The van der Waals surface area contributed by atoms with E-state index in [0.29, 0.717) is 21.8 Å². The number of fused-ring (bicyclic) bond motifs is 3. The van der Waals surface area contributed by atoms with Gasteiger partial charge < -0.3 is 9.88 Å². The Morgan fingerprint density at radius 1 is 1.15 bits per heavy atom. The standard InChI is InChI=1S/C26H19N5O2S/c1-2-30-24-9-4-3-8-21(24)22-13-19(10-11-25(22)30)28-15-18(14-27)26-29-23(16-34-26)17-6-5-7-20(12-17)31(32)33/h3-13,15-16,28H,2H2,1H3/b18-15+. The molecule has 0 saturated heterocycles. The van der Waals surface area contributed by atoms with Gasteiger partial charge in [0.15, 0.2) is 0 Å². The van der Waals surface area contributed by atoms with Crippen LogP contribution in [0.1, 0.15) is 11.9 Å². The number of nitro benzene ring substituents is 1. The summed E-state index contributed by atoms with van der Waals surface area (Å²) in [6, 6.07) is 23.0. The number of anilines is 1. The molecule has 0 aliphatic carbocycles. The maximum absolute atomic E-state index is 11.1. The molecule has 166 valence electrons. The van der Waals surface area contributed by atoms with Crippen molar-refractivity contribution in [3.05, 3.63) is 93.4 Å². The molecule has 7 nitrogen and oxygen atoms in total. The molecule has 8 heteroatoms. The molecule has 0 unspecified atom stereocenters. The number of benzene rings is 3. The van der Waals surface area contributed by atoms with E-state index < -0.39 is 4.92 Å². The molecule has 0 spiro atoms. The number of rotatable bonds is 6. The third-order valence-corrected chi connectivity index (χ3v) is 6.56. The molecule has 0 aliphatic rings. The van der Waals surface area contributed by atoms with Gasteiger partial charge in [0.25, 0.3) is 5.69 Å². The van der Waals surface area contributed by atoms with Crippen LogP contribution in [0.3, 0.4) is 0 Å². The topological polar surface area (TPSA) is 96.8 Å². The van der Waals surface area contributed by atoms with Crippen LogP contribution in [0.5, 0.6) is 0 Å². The molecule has 2 heterocycles. The van der Waals surface area contributed by atoms with Crippen LogP contribution in [-0.2, 0) is 6.54 Å². The van der Waals surface area contributed by atoms with E-state index in [1.807, 2.05) is 18.2 Å². The highest BCUT2D eigenvalue weighted by atomic mass is 32.1. The van der Waals surface area contributed by atoms with Crippen LogP contribution in [0.25, 0.3) is 38.6 Å². The lowest BCUT2D eigenvalue weighted by molar-refractivity contribution is -0.384. The zero-order chi connectivity index (χ0) is 23.7. The molecule has 2 aromatic heterocycles. The van der Waals surface area contributed by atoms with Crippen LogP contribution in [0.15, 0.2) is 78.3 Å². The van der Waals surface area contributed by atoms with E-state index in [4.69, 9.17) is 0 Å². The van der Waals surface area contributed by atoms with E-state index >= 15 is 0 Å². The van der Waals surface area contributed by atoms with Crippen LogP contribution in [0.2, 0.25) is 0 Å². The highest BCUT2D eigenvalue weighted by molar-refractivity contribution is 7.11. The number of hydrogen-bond acceptors (Lipinski definition) is 6. The van der Waals surface area contributed by atoms with Gasteiger partial charge in [-0.25, -0.2) is 4.98 Å². The fraction of sp³-hybridized carbons (Fsp3) is 0.0769. The molecule has 5 aromatic rings. The number of nitrogens with one attached hydrogen (secondary N) is 1. The largest absolute Gasteiger partial charge is 0.360 e. The number of nitro groups is 1. The highest BCUT2D eigenvalue weighted by Crippen LogP contribution is 2.32. The minimum absolute atomic E-state index is 0.00425. The number of hydrogen-bond donors (Lipinski definition) is 1. The number of non-ortho nitro benzene ring substituents is 1. The van der Waals surface area contributed by atoms with E-state index in [1.54, 1.807) is 23.7 Å². The van der Waals surface area contributed by atoms with Crippen molar-refractivity contribution in [2.24, 2.45) is 0 Å². The fourth-order valence-corrected chi connectivity index (χ4v) is 4.88. The summed E-state index contributed by atoms with van der Waals surface area (Å²) in [5, 5.41) is 28.7. The number of aryl methyl sites for hydroxylation is 1. The average Bonchev–Trinajstić information content (AvgIpc) is 3.47. The summed E-state index contributed by atoms with van der Waals surface area (Å²) in [4.78, 5) is 15.2. The second kappa shape index (κ2) is 8.81. The number of nitriles is 1. The summed E-state index contributed by atoms with van der Waals surface area (Å²) in [6.07, 6.45) is 1.65. The Bertz CT molecular complexity index is 1620. The van der Waals surface area contributed by atoms with Crippen LogP contribution < -0.4 is 5.32 Å². The average molecular weight is 466 g/mol. The van der Waals surface area contributed by atoms with Crippen LogP contribution >= 0.6 is 11.3 Å². The number of allylic oxidation sites excluding steroid dienone is 1. The normalized spacial score (nSPS) is 11.6. The minimum Gasteiger partial charge on any atom is -0.360 e. The van der Waals surface area contributed by atoms with Crippen molar-refractivity contribution in [3.8, 4) is 17.3 Å². The predicted molar refractivity (Wildman–Crippen MR) is 137 cm³/mol. The summed E-state index contributed by atoms with van der Waals surface area (Å²) in [7, 11) is 0. The van der Waals surface area contributed by atoms with Crippen LogP contribution in [0, 0.1) is 21.4 Å². The summed E-state index contributed by atoms with van der Waals surface area (Å²) in [5.74, 6) is 0. The lowest BCUT2D eigenvalue weighted by atomic mass is 10.1. The molecule has 1 N–H and O–H groups in total. The van der Waals surface area contributed by atoms with Gasteiger partial charge in [0.1, 0.15) is 16.6 Å². The molecule has 0 bridgehead atoms. The predicted octanol–water partition coefficient (Wildman–Crippen LogP) is 6.82. The SMILES string of the molecule is CCn1c2ccccc2c2cc(N/C=C(\C#N)c3nc(-c4cccc([N+](=O)[O-])c4)cs3)ccc21. The molecular formula is C26H19N5O2S. The first-order valence-electron chi connectivity index (χ1n) is 10.7. The van der Waals surface area contributed by atoms with Gasteiger partial charge in [-0.1, -0.05) is 30.3 Å². The molecular weight excluding hydrogens is 446 g/mol. The quantitative estimate of drug-likeness (QED) is 0.168. The van der Waals surface area contributed by atoms with Crippen LogP contribution in [-0.4, -0.2) is 14.5 Å². The Morgan fingerprint density at radius 2 is 1.97 bits per heavy atom. The molecule has 3 aromatic carbocycles. The second-order valence-electron chi connectivity index (χ2n) is 7.65. The Balaban J connectivity index is 1.45. The molecule has 34 heavy (non-hydrogen) atoms. The smallest absolute Gasteiger partial charge is 0.270 e. The Labute approximate surface area is 199 Å². The van der Waals surface area contributed by atoms with Gasteiger partial charge in [-0.05, 0) is 31.2 Å². The van der Waals surface area contributed by atoms with Crippen molar-refractivity contribution in [2.45, 2.75) is 13.5 Å². The van der Waals surface area contributed by atoms with Gasteiger partial charge in [0.05, 0.1) is 10.6 Å². The monoisotopic (exact) mass is 465 g/mol. The number of nitrogens with zero attached hydrogens (tertiary/aromatic N) is 4. The lowest BCUT2D eigenvalue weighted by Crippen LogP contribution is -1.94. The highest BCUT2D eigenvalue weighted by Gasteiger charge is 2.13. The zero-order valence-electron chi connectivity index (χ0n) is 18.2. The number of aromatic nitrogens is 2. The van der Waals surface area contributed by atoms with E-state index in [0.717, 1.165) is 17.6 Å². The summed E-state index contributed by atoms with van der Waals surface area (Å²) < 4.78 is 2.29. The number of para-hydroxylation sites is 1. The van der Waals surface area contributed by atoms with Gasteiger partial charge in [-0.15, -0.1) is 11.3 Å². The van der Waals surface area contributed by atoms with Crippen molar-refractivity contribution in [1.82, 2.24) is 9.55 Å². The Morgan fingerprint density at radius 3 is 2.76 bits per heavy atom. The maximum Gasteiger partial charge on any atom is 0.270 e. The van der Waals surface area contributed by atoms with E-state index in [-0.39, 0.29) is 5.69 Å². The second-order valence-corrected chi connectivity index (χ2v) is 8.51. The van der Waals surface area contributed by atoms with Crippen molar-refractivity contribution in [3.63, 3.8) is 0 Å². The van der Waals surface area contributed by atoms with E-state index in [2.05, 4.69) is 52.1 Å². The molecule has 0 fully saturated rings. The fourth-order valence-electron chi connectivity index (χ4n) is 4.09. The minimum atomic E-state index is -0.434. The lowest BCUT2D eigenvalue weighted by Gasteiger charge is -2.05. The van der Waals surface area contributed by atoms with Crippen molar-refractivity contribution >= 4 is 50.1 Å². The zero-order valence-corrected chi connectivity index (χ0v) is 19.0. The van der Waals surface area contributed by atoms with Crippen LogP contribution in [0.4, 0.5) is 11.4 Å². The first-order valence-corrected chi connectivity index (χ1v) is 11.6. The summed E-state index contributed by atoms with van der Waals surface area (Å²) >= 11 is 1.32. The maximum atomic E-state index is 11.1. The Hall–Kier alpha value is -4.48.